The van der Waals surface area contributed by atoms with Crippen LogP contribution in [0.3, 0.4) is 0 Å². The Morgan fingerprint density at radius 1 is 0.977 bits per heavy atom. The van der Waals surface area contributed by atoms with Gasteiger partial charge in [0.25, 0.3) is 5.91 Å². The van der Waals surface area contributed by atoms with Crippen LogP contribution >= 0.6 is 0 Å². The number of carboxylic acid groups (broad SMARTS) is 1. The van der Waals surface area contributed by atoms with Crippen LogP contribution in [0, 0.1) is 5.92 Å². The Hall–Kier alpha value is -4.65. The second-order valence-electron chi connectivity index (χ2n) is 13.0. The Labute approximate surface area is 257 Å². The van der Waals surface area contributed by atoms with E-state index in [0.717, 1.165) is 57.9 Å². The molecule has 0 aliphatic heterocycles. The van der Waals surface area contributed by atoms with Crippen LogP contribution in [0.4, 0.5) is 0 Å². The van der Waals surface area contributed by atoms with Gasteiger partial charge in [-0.1, -0.05) is 82.9 Å². The number of aliphatic carboxylic acids is 1. The highest BCUT2D eigenvalue weighted by Crippen LogP contribution is 2.34. The summed E-state index contributed by atoms with van der Waals surface area (Å²) in [6.07, 6.45) is 7.03. The lowest BCUT2D eigenvalue weighted by Gasteiger charge is -2.19. The van der Waals surface area contributed by atoms with Crippen molar-refractivity contribution in [2.75, 3.05) is 0 Å². The Morgan fingerprint density at radius 2 is 1.70 bits per heavy atom. The van der Waals surface area contributed by atoms with Crippen molar-refractivity contribution in [2.24, 2.45) is 5.92 Å². The summed E-state index contributed by atoms with van der Waals surface area (Å²) in [6.45, 7) is 6.57. The van der Waals surface area contributed by atoms with Gasteiger partial charge >= 0.3 is 5.97 Å². The van der Waals surface area contributed by atoms with E-state index in [4.69, 9.17) is 9.72 Å². The maximum Gasteiger partial charge on any atom is 0.305 e. The third kappa shape index (κ3) is 6.47. The monoisotopic (exact) mass is 589 g/mol. The molecule has 5 aromatic rings. The highest BCUT2D eigenvalue weighted by Gasteiger charge is 2.24. The van der Waals surface area contributed by atoms with Crippen LogP contribution < -0.4 is 10.1 Å². The molecule has 0 bridgehead atoms. The first kappa shape index (κ1) is 29.4. The van der Waals surface area contributed by atoms with Crippen LogP contribution in [0.2, 0.25) is 0 Å². The standard InChI is InChI=1S/C37H39N3O4/c1-37(2,3)25-13-16-26(17-14-25)44-27-15-12-24-19-34(39-32(29(24)20-27)18-23-8-4-5-9-23)36(43)40-33(21-35(41)42)30-22-38-31-11-7-6-10-28(30)31/h6-7,10-17,19-20,22-23,33,38H,4-5,8-9,18,21H2,1-3H3,(H,40,43)(H,41,42). The first-order chi connectivity index (χ1) is 21.1. The lowest BCUT2D eigenvalue weighted by Crippen LogP contribution is -2.31. The second kappa shape index (κ2) is 12.2. The zero-order valence-corrected chi connectivity index (χ0v) is 25.5. The zero-order valence-electron chi connectivity index (χ0n) is 25.5. The number of fused-ring (bicyclic) bond motifs is 2. The van der Waals surface area contributed by atoms with Crippen molar-refractivity contribution in [3.8, 4) is 11.5 Å². The van der Waals surface area contributed by atoms with E-state index in [1.54, 1.807) is 12.3 Å². The molecule has 7 heteroatoms. The van der Waals surface area contributed by atoms with Crippen molar-refractivity contribution >= 4 is 33.6 Å². The molecular formula is C37H39N3O4. The number of ether oxygens (including phenoxy) is 1. The van der Waals surface area contributed by atoms with Gasteiger partial charge in [0.1, 0.15) is 17.2 Å². The second-order valence-corrected chi connectivity index (χ2v) is 13.0. The number of nitrogens with one attached hydrogen (secondary N) is 2. The average molecular weight is 590 g/mol. The van der Waals surface area contributed by atoms with E-state index in [9.17, 15) is 14.7 Å². The molecule has 7 nitrogen and oxygen atoms in total. The van der Waals surface area contributed by atoms with Crippen LogP contribution in [-0.2, 0) is 16.6 Å². The van der Waals surface area contributed by atoms with Crippen LogP contribution in [-0.4, -0.2) is 27.0 Å². The number of amides is 1. The summed E-state index contributed by atoms with van der Waals surface area (Å²) < 4.78 is 6.26. The van der Waals surface area contributed by atoms with Gasteiger partial charge in [0.05, 0.1) is 12.5 Å². The van der Waals surface area contributed by atoms with E-state index in [0.29, 0.717) is 11.7 Å². The average Bonchev–Trinajstić information content (AvgIpc) is 3.67. The van der Waals surface area contributed by atoms with Gasteiger partial charge < -0.3 is 20.1 Å². The maximum absolute atomic E-state index is 13.7. The first-order valence-corrected chi connectivity index (χ1v) is 15.4. The van der Waals surface area contributed by atoms with E-state index in [-0.39, 0.29) is 17.5 Å². The third-order valence-corrected chi connectivity index (χ3v) is 8.71. The molecule has 1 unspecified atom stereocenters. The minimum atomic E-state index is -0.991. The Morgan fingerprint density at radius 3 is 2.43 bits per heavy atom. The van der Waals surface area contributed by atoms with Gasteiger partial charge in [0.2, 0.25) is 0 Å². The zero-order chi connectivity index (χ0) is 30.8. The van der Waals surface area contributed by atoms with Crippen LogP contribution in [0.5, 0.6) is 11.5 Å². The number of benzene rings is 3. The Kier molecular flexibility index (Phi) is 8.13. The van der Waals surface area contributed by atoms with Crippen molar-refractivity contribution in [1.82, 2.24) is 15.3 Å². The van der Waals surface area contributed by atoms with E-state index >= 15 is 0 Å². The van der Waals surface area contributed by atoms with Crippen molar-refractivity contribution in [1.29, 1.82) is 0 Å². The smallest absolute Gasteiger partial charge is 0.305 e. The summed E-state index contributed by atoms with van der Waals surface area (Å²) in [5.74, 6) is 0.614. The molecule has 1 fully saturated rings. The fourth-order valence-corrected chi connectivity index (χ4v) is 6.31. The highest BCUT2D eigenvalue weighted by molar-refractivity contribution is 5.98. The minimum absolute atomic E-state index is 0.0648. The molecule has 226 valence electrons. The van der Waals surface area contributed by atoms with E-state index in [2.05, 4.69) is 43.2 Å². The number of rotatable bonds is 9. The largest absolute Gasteiger partial charge is 0.481 e. The van der Waals surface area contributed by atoms with Crippen molar-refractivity contribution in [3.05, 3.63) is 102 Å². The summed E-state index contributed by atoms with van der Waals surface area (Å²) >= 11 is 0. The summed E-state index contributed by atoms with van der Waals surface area (Å²) in [7, 11) is 0. The summed E-state index contributed by atoms with van der Waals surface area (Å²) in [4.78, 5) is 33.6. The normalized spacial score (nSPS) is 14.6. The molecule has 2 heterocycles. The quantitative estimate of drug-likeness (QED) is 0.160. The van der Waals surface area contributed by atoms with Gasteiger partial charge in [-0.25, -0.2) is 4.98 Å². The predicted octanol–water partition coefficient (Wildman–Crippen LogP) is 8.48. The highest BCUT2D eigenvalue weighted by atomic mass is 16.5. The number of H-pyrrole nitrogens is 1. The predicted molar refractivity (Wildman–Crippen MR) is 173 cm³/mol. The number of hydrogen-bond acceptors (Lipinski definition) is 4. The summed E-state index contributed by atoms with van der Waals surface area (Å²) in [5, 5.41) is 15.4. The van der Waals surface area contributed by atoms with Crippen LogP contribution in [0.25, 0.3) is 21.7 Å². The Bertz CT molecular complexity index is 1810. The number of carboxylic acids is 1. The summed E-state index contributed by atoms with van der Waals surface area (Å²) in [5.41, 5.74) is 4.09. The fourth-order valence-electron chi connectivity index (χ4n) is 6.31. The van der Waals surface area contributed by atoms with Crippen LogP contribution in [0.15, 0.2) is 79.0 Å². The number of aromatic nitrogens is 2. The third-order valence-electron chi connectivity index (χ3n) is 8.71. The fraction of sp³-hybridized carbons (Fsp3) is 0.324. The number of pyridine rings is 1. The summed E-state index contributed by atoms with van der Waals surface area (Å²) in [6, 6.07) is 22.8. The van der Waals surface area contributed by atoms with E-state index < -0.39 is 17.9 Å². The topological polar surface area (TPSA) is 104 Å². The SMILES string of the molecule is CC(C)(C)c1ccc(Oc2ccc3cc(C(=O)NC(CC(=O)O)c4c[nH]c5ccccc45)nc(CC4CCCC4)c3c2)cc1. The minimum Gasteiger partial charge on any atom is -0.481 e. The number of aromatic amines is 1. The number of carbonyl (C=O) groups excluding carboxylic acids is 1. The lowest BCUT2D eigenvalue weighted by molar-refractivity contribution is -0.137. The number of nitrogens with zero attached hydrogens (tertiary/aromatic N) is 1. The van der Waals surface area contributed by atoms with Crippen molar-refractivity contribution in [3.63, 3.8) is 0 Å². The van der Waals surface area contributed by atoms with Gasteiger partial charge in [0, 0.05) is 33.7 Å². The molecular weight excluding hydrogens is 550 g/mol. The van der Waals surface area contributed by atoms with Crippen molar-refractivity contribution < 1.29 is 19.4 Å². The molecule has 1 amide bonds. The van der Waals surface area contributed by atoms with Crippen LogP contribution in [0.1, 0.15) is 86.2 Å². The molecule has 44 heavy (non-hydrogen) atoms. The molecule has 1 atom stereocenters. The van der Waals surface area contributed by atoms with Gasteiger partial charge in [-0.3, -0.25) is 9.59 Å². The molecule has 3 aromatic carbocycles. The molecule has 1 saturated carbocycles. The van der Waals surface area contributed by atoms with E-state index in [1.165, 1.54) is 18.4 Å². The first-order valence-electron chi connectivity index (χ1n) is 15.4. The van der Waals surface area contributed by atoms with Crippen molar-refractivity contribution in [2.45, 2.75) is 70.8 Å². The lowest BCUT2D eigenvalue weighted by atomic mass is 9.87. The number of hydrogen-bond donors (Lipinski definition) is 3. The van der Waals surface area contributed by atoms with Gasteiger partial charge in [0.15, 0.2) is 0 Å². The van der Waals surface area contributed by atoms with Gasteiger partial charge in [-0.2, -0.15) is 0 Å². The maximum atomic E-state index is 13.7. The number of carbonyl (C=O) groups is 2. The molecule has 0 spiro atoms. The van der Waals surface area contributed by atoms with Gasteiger partial charge in [-0.05, 0) is 65.1 Å². The van der Waals surface area contributed by atoms with E-state index in [1.807, 2.05) is 54.6 Å². The molecule has 0 saturated heterocycles. The molecule has 0 radical (unpaired) electrons. The molecule has 1 aliphatic carbocycles. The molecule has 6 rings (SSSR count). The molecule has 3 N–H and O–H groups in total. The molecule has 2 aromatic heterocycles. The Balaban J connectivity index is 1.31. The molecule has 1 aliphatic rings. The van der Waals surface area contributed by atoms with Gasteiger partial charge in [-0.15, -0.1) is 0 Å². The number of para-hydroxylation sites is 1.